The van der Waals surface area contributed by atoms with E-state index in [-0.39, 0.29) is 0 Å². The molecule has 0 saturated carbocycles. The predicted molar refractivity (Wildman–Crippen MR) is 73.6 cm³/mol. The van der Waals surface area contributed by atoms with E-state index < -0.39 is 0 Å². The molecule has 2 heterocycles. The minimum Gasteiger partial charge on any atom is -0.353 e. The summed E-state index contributed by atoms with van der Waals surface area (Å²) in [6.07, 6.45) is 0. The van der Waals surface area contributed by atoms with Gasteiger partial charge in [-0.3, -0.25) is 0 Å². The molecule has 0 aromatic carbocycles. The molecule has 0 spiro atoms. The molecule has 6 heteroatoms. The molecule has 0 amide bonds. The summed E-state index contributed by atoms with van der Waals surface area (Å²) in [5.41, 5.74) is 3.66. The van der Waals surface area contributed by atoms with Crippen LogP contribution in [0.4, 0.5) is 11.6 Å². The molecule has 1 aromatic rings. The van der Waals surface area contributed by atoms with Crippen LogP contribution in [0.2, 0.25) is 0 Å². The largest absolute Gasteiger partial charge is 0.353 e. The van der Waals surface area contributed by atoms with E-state index >= 15 is 0 Å². The first-order valence-electron chi connectivity index (χ1n) is 6.30. The Morgan fingerprint density at radius 1 is 1.28 bits per heavy atom. The van der Waals surface area contributed by atoms with Crippen LogP contribution in [0.5, 0.6) is 0 Å². The number of nitrogens with two attached hydrogens (primary N) is 1. The number of anilines is 2. The van der Waals surface area contributed by atoms with Crippen molar-refractivity contribution in [3.05, 3.63) is 11.4 Å². The van der Waals surface area contributed by atoms with E-state index in [1.54, 1.807) is 0 Å². The fourth-order valence-corrected chi connectivity index (χ4v) is 2.30. The first-order chi connectivity index (χ1) is 8.52. The number of likely N-dealkylation sites (N-methyl/N-ethyl adjacent to an activating group) is 1. The summed E-state index contributed by atoms with van der Waals surface area (Å²) in [4.78, 5) is 13.5. The van der Waals surface area contributed by atoms with Crippen molar-refractivity contribution in [3.8, 4) is 0 Å². The van der Waals surface area contributed by atoms with Crippen molar-refractivity contribution in [1.29, 1.82) is 0 Å². The highest BCUT2D eigenvalue weighted by Gasteiger charge is 2.23. The van der Waals surface area contributed by atoms with Crippen LogP contribution in [0.25, 0.3) is 0 Å². The SMILES string of the molecule is Cc1nc(NN)c(C)c(N2CCN(C)C(C)C2)n1. The van der Waals surface area contributed by atoms with Crippen LogP contribution in [0.15, 0.2) is 0 Å². The van der Waals surface area contributed by atoms with Crippen molar-refractivity contribution < 1.29 is 0 Å². The van der Waals surface area contributed by atoms with Crippen molar-refractivity contribution >= 4 is 11.6 Å². The third-order valence-corrected chi connectivity index (χ3v) is 3.63. The highest BCUT2D eigenvalue weighted by molar-refractivity contribution is 5.58. The average Bonchev–Trinajstić information content (AvgIpc) is 2.35. The Labute approximate surface area is 108 Å². The lowest BCUT2D eigenvalue weighted by molar-refractivity contribution is 0.233. The predicted octanol–water partition coefficient (Wildman–Crippen LogP) is 0.519. The van der Waals surface area contributed by atoms with Crippen LogP contribution in [0, 0.1) is 13.8 Å². The second-order valence-electron chi connectivity index (χ2n) is 4.99. The number of hydrazine groups is 1. The molecule has 6 nitrogen and oxygen atoms in total. The Balaban J connectivity index is 2.30. The standard InChI is InChI=1S/C12H22N6/c1-8-7-18(6-5-17(8)4)12-9(2)11(16-13)14-10(3)15-12/h8H,5-7,13H2,1-4H3,(H,14,15,16). The van der Waals surface area contributed by atoms with Crippen LogP contribution < -0.4 is 16.2 Å². The summed E-state index contributed by atoms with van der Waals surface area (Å²) in [6.45, 7) is 9.16. The minimum absolute atomic E-state index is 0.530. The maximum atomic E-state index is 5.50. The molecule has 2 rings (SSSR count). The zero-order chi connectivity index (χ0) is 13.3. The number of aromatic nitrogens is 2. The van der Waals surface area contributed by atoms with Gasteiger partial charge in [0.05, 0.1) is 0 Å². The van der Waals surface area contributed by atoms with Crippen LogP contribution in [0.3, 0.4) is 0 Å². The molecule has 1 unspecified atom stereocenters. The normalized spacial score (nSPS) is 21.2. The Morgan fingerprint density at radius 3 is 2.61 bits per heavy atom. The van der Waals surface area contributed by atoms with Crippen LogP contribution in [-0.2, 0) is 0 Å². The van der Waals surface area contributed by atoms with E-state index in [1.165, 1.54) is 0 Å². The summed E-state index contributed by atoms with van der Waals surface area (Å²) in [5, 5.41) is 0. The van der Waals surface area contributed by atoms with Gasteiger partial charge < -0.3 is 15.2 Å². The maximum Gasteiger partial charge on any atom is 0.148 e. The van der Waals surface area contributed by atoms with Gasteiger partial charge in [0.25, 0.3) is 0 Å². The van der Waals surface area contributed by atoms with E-state index in [0.717, 1.165) is 36.8 Å². The minimum atomic E-state index is 0.530. The number of rotatable bonds is 2. The molecule has 1 saturated heterocycles. The number of hydrogen-bond donors (Lipinski definition) is 2. The van der Waals surface area contributed by atoms with Crippen LogP contribution in [0.1, 0.15) is 18.3 Å². The van der Waals surface area contributed by atoms with E-state index in [9.17, 15) is 0 Å². The number of nitrogen functional groups attached to an aromatic ring is 1. The number of hydrogen-bond acceptors (Lipinski definition) is 6. The van der Waals surface area contributed by atoms with Gasteiger partial charge in [0.1, 0.15) is 17.5 Å². The summed E-state index contributed by atoms with van der Waals surface area (Å²) < 4.78 is 0. The van der Waals surface area contributed by atoms with E-state index in [4.69, 9.17) is 5.84 Å². The van der Waals surface area contributed by atoms with Gasteiger partial charge >= 0.3 is 0 Å². The Bertz CT molecular complexity index is 433. The molecule has 18 heavy (non-hydrogen) atoms. The van der Waals surface area contributed by atoms with Crippen LogP contribution in [-0.4, -0.2) is 47.6 Å². The Morgan fingerprint density at radius 2 is 2.00 bits per heavy atom. The topological polar surface area (TPSA) is 70.3 Å². The third-order valence-electron chi connectivity index (χ3n) is 3.63. The lowest BCUT2D eigenvalue weighted by atomic mass is 10.2. The van der Waals surface area contributed by atoms with E-state index in [2.05, 4.69) is 39.2 Å². The second kappa shape index (κ2) is 5.07. The molecule has 0 radical (unpaired) electrons. The summed E-state index contributed by atoms with van der Waals surface area (Å²) >= 11 is 0. The molecule has 1 fully saturated rings. The fraction of sp³-hybridized carbons (Fsp3) is 0.667. The number of piperazine rings is 1. The quantitative estimate of drug-likeness (QED) is 0.589. The van der Waals surface area contributed by atoms with E-state index in [1.807, 2.05) is 13.8 Å². The molecular formula is C12H22N6. The van der Waals surface area contributed by atoms with Crippen molar-refractivity contribution in [2.75, 3.05) is 37.0 Å². The van der Waals surface area contributed by atoms with Gasteiger partial charge in [0, 0.05) is 31.2 Å². The molecule has 0 aliphatic carbocycles. The van der Waals surface area contributed by atoms with Gasteiger partial charge in [0.15, 0.2) is 0 Å². The summed E-state index contributed by atoms with van der Waals surface area (Å²) in [5.74, 6) is 7.95. The molecule has 0 bridgehead atoms. The van der Waals surface area contributed by atoms with Gasteiger partial charge in [0.2, 0.25) is 0 Å². The lowest BCUT2D eigenvalue weighted by Gasteiger charge is -2.39. The summed E-state index contributed by atoms with van der Waals surface area (Å²) in [6, 6.07) is 0.530. The Hall–Kier alpha value is -1.40. The smallest absolute Gasteiger partial charge is 0.148 e. The van der Waals surface area contributed by atoms with Gasteiger partial charge in [-0.25, -0.2) is 15.8 Å². The second-order valence-corrected chi connectivity index (χ2v) is 4.99. The number of aryl methyl sites for hydroxylation is 1. The zero-order valence-electron chi connectivity index (χ0n) is 11.6. The molecule has 1 aromatic heterocycles. The van der Waals surface area contributed by atoms with Gasteiger partial charge in [-0.05, 0) is 27.8 Å². The van der Waals surface area contributed by atoms with E-state index in [0.29, 0.717) is 11.9 Å². The van der Waals surface area contributed by atoms with Gasteiger partial charge in [-0.15, -0.1) is 0 Å². The molecule has 100 valence electrons. The molecule has 1 aliphatic heterocycles. The first-order valence-corrected chi connectivity index (χ1v) is 6.30. The lowest BCUT2D eigenvalue weighted by Crippen LogP contribution is -2.50. The highest BCUT2D eigenvalue weighted by Crippen LogP contribution is 2.24. The third kappa shape index (κ3) is 2.39. The van der Waals surface area contributed by atoms with Crippen molar-refractivity contribution in [2.45, 2.75) is 26.8 Å². The Kier molecular flexibility index (Phi) is 3.68. The maximum absolute atomic E-state index is 5.50. The highest BCUT2D eigenvalue weighted by atomic mass is 15.3. The molecular weight excluding hydrogens is 228 g/mol. The molecule has 1 atom stereocenters. The fourth-order valence-electron chi connectivity index (χ4n) is 2.30. The average molecular weight is 250 g/mol. The van der Waals surface area contributed by atoms with Crippen molar-refractivity contribution in [3.63, 3.8) is 0 Å². The monoisotopic (exact) mass is 250 g/mol. The van der Waals surface area contributed by atoms with Crippen LogP contribution >= 0.6 is 0 Å². The molecule has 3 N–H and O–H groups in total. The zero-order valence-corrected chi connectivity index (χ0v) is 11.6. The van der Waals surface area contributed by atoms with Gasteiger partial charge in [-0.1, -0.05) is 0 Å². The number of nitrogens with one attached hydrogen (secondary N) is 1. The summed E-state index contributed by atoms with van der Waals surface area (Å²) in [7, 11) is 2.16. The number of nitrogens with zero attached hydrogens (tertiary/aromatic N) is 4. The first kappa shape index (κ1) is 13.0. The van der Waals surface area contributed by atoms with Crippen molar-refractivity contribution in [2.24, 2.45) is 5.84 Å². The van der Waals surface area contributed by atoms with Gasteiger partial charge in [-0.2, -0.15) is 0 Å². The van der Waals surface area contributed by atoms with Crippen molar-refractivity contribution in [1.82, 2.24) is 14.9 Å². The molecule has 1 aliphatic rings.